The Kier molecular flexibility index (Phi) is 20.9. The summed E-state index contributed by atoms with van der Waals surface area (Å²) >= 11 is 0. The van der Waals surface area contributed by atoms with Crippen molar-refractivity contribution in [2.75, 3.05) is 40.6 Å². The van der Waals surface area contributed by atoms with Crippen molar-refractivity contribution >= 4 is 23.9 Å². The molecule has 14 atom stereocenters. The first kappa shape index (κ1) is 54.0. The van der Waals surface area contributed by atoms with Gasteiger partial charge in [0.15, 0.2) is 12.6 Å². The van der Waals surface area contributed by atoms with Crippen molar-refractivity contribution in [2.24, 2.45) is 11.8 Å². The number of esters is 4. The largest absolute Gasteiger partial charge is 0.468 e. The number of aliphatic hydroxyl groups excluding tert-OH is 8. The first-order chi connectivity index (χ1) is 31.4. The van der Waals surface area contributed by atoms with Crippen LogP contribution < -0.4 is 0 Å². The van der Waals surface area contributed by atoms with E-state index < -0.39 is 123 Å². The van der Waals surface area contributed by atoms with Gasteiger partial charge in [0.05, 0.1) is 63.9 Å². The maximum atomic E-state index is 13.2. The quantitative estimate of drug-likeness (QED) is 0.0442. The Hall–Kier alpha value is -4.56. The Balaban J connectivity index is 1.28. The molecule has 0 aliphatic carbocycles. The third-order valence-corrected chi connectivity index (χ3v) is 11.4. The molecule has 66 heavy (non-hydrogen) atoms. The summed E-state index contributed by atoms with van der Waals surface area (Å²) < 4.78 is 54.4. The van der Waals surface area contributed by atoms with Crippen molar-refractivity contribution in [1.29, 1.82) is 0 Å². The second-order valence-corrected chi connectivity index (χ2v) is 15.8. The van der Waals surface area contributed by atoms with Gasteiger partial charge in [0.1, 0.15) is 62.0 Å². The van der Waals surface area contributed by atoms with Crippen LogP contribution in [-0.2, 0) is 66.5 Å². The maximum absolute atomic E-state index is 13.2. The molecule has 2 fully saturated rings. The molecule has 2 saturated heterocycles. The smallest absolute Gasteiger partial charge is 0.337 e. The molecule has 0 unspecified atom stereocenters. The van der Waals surface area contributed by atoms with Crippen molar-refractivity contribution in [1.82, 2.24) is 0 Å². The molecule has 0 amide bonds. The standard InChI is InChI=1S/C44H62O22/c1-7-23-25(27(39(55)57-5)19-61-41(23)65-43-37(53)35(51)33(49)29(16-45)63-43)14-31(47)59-13-12-21(3)10-9-11-22(4)18-60-32(48)15-26-24(8-2)42(62-20-28(26)40(56)58-6)66-44-38(54)36(52)34(50)30(17-46)64-44/h7-8,11-12,19-20,25-26,29-30,33-38,41-46,49-54H,9-10,13-18H2,1-6H3/b21-12+,22-11+,23-7-,24-8-/t25-,26-,29+,30+,33+,34+,35-,36-,37+,38+,41-,42-,43-,44-/m0/s1. The Morgan fingerprint density at radius 3 is 1.47 bits per heavy atom. The second-order valence-electron chi connectivity index (χ2n) is 15.8. The Bertz CT molecular complexity index is 1860. The van der Waals surface area contributed by atoms with Gasteiger partial charge in [-0.15, -0.1) is 0 Å². The normalized spacial score (nSPS) is 34.1. The van der Waals surface area contributed by atoms with Crippen LogP contribution in [0.15, 0.2) is 70.3 Å². The summed E-state index contributed by atoms with van der Waals surface area (Å²) in [6, 6.07) is 0. The molecule has 0 spiro atoms. The number of carbonyl (C=O) groups excluding carboxylic acids is 4. The van der Waals surface area contributed by atoms with Crippen LogP contribution in [0.3, 0.4) is 0 Å². The Morgan fingerprint density at radius 2 is 1.06 bits per heavy atom. The van der Waals surface area contributed by atoms with Crippen LogP contribution in [0.4, 0.5) is 0 Å². The van der Waals surface area contributed by atoms with Crippen LogP contribution in [0.2, 0.25) is 0 Å². The molecule has 370 valence electrons. The molecule has 0 aromatic rings. The number of allylic oxidation sites excluding steroid dienone is 4. The van der Waals surface area contributed by atoms with E-state index in [1.54, 1.807) is 26.8 Å². The summed E-state index contributed by atoms with van der Waals surface area (Å²) in [6.45, 7) is 5.25. The van der Waals surface area contributed by atoms with Crippen molar-refractivity contribution in [3.05, 3.63) is 70.3 Å². The fourth-order valence-electron chi connectivity index (χ4n) is 7.48. The maximum Gasteiger partial charge on any atom is 0.337 e. The highest BCUT2D eigenvalue weighted by atomic mass is 16.8. The third kappa shape index (κ3) is 13.5. The fourth-order valence-corrected chi connectivity index (χ4v) is 7.48. The van der Waals surface area contributed by atoms with Crippen LogP contribution in [0, 0.1) is 11.8 Å². The summed E-state index contributed by atoms with van der Waals surface area (Å²) in [5.74, 6) is -4.82. The molecule has 0 bridgehead atoms. The molecular formula is C44H62O22. The monoisotopic (exact) mass is 942 g/mol. The van der Waals surface area contributed by atoms with E-state index >= 15 is 0 Å². The Morgan fingerprint density at radius 1 is 0.621 bits per heavy atom. The number of hydrogen-bond donors (Lipinski definition) is 8. The predicted molar refractivity (Wildman–Crippen MR) is 222 cm³/mol. The third-order valence-electron chi connectivity index (χ3n) is 11.4. The molecule has 8 N–H and O–H groups in total. The van der Waals surface area contributed by atoms with Crippen molar-refractivity contribution < 1.29 is 107 Å². The number of aliphatic hydroxyl groups is 8. The van der Waals surface area contributed by atoms with Gasteiger partial charge in [-0.05, 0) is 52.2 Å². The van der Waals surface area contributed by atoms with Crippen molar-refractivity contribution in [2.45, 2.75) is 127 Å². The highest BCUT2D eigenvalue weighted by Crippen LogP contribution is 2.38. The minimum Gasteiger partial charge on any atom is -0.468 e. The van der Waals surface area contributed by atoms with E-state index in [9.17, 15) is 60.0 Å². The van der Waals surface area contributed by atoms with Gasteiger partial charge in [-0.2, -0.15) is 0 Å². The lowest BCUT2D eigenvalue weighted by atomic mass is 9.86. The molecule has 22 heteroatoms. The summed E-state index contributed by atoms with van der Waals surface area (Å²) in [4.78, 5) is 51.6. The second kappa shape index (κ2) is 25.5. The van der Waals surface area contributed by atoms with Gasteiger partial charge in [-0.1, -0.05) is 23.8 Å². The van der Waals surface area contributed by atoms with E-state index in [2.05, 4.69) is 0 Å². The average Bonchev–Trinajstić information content (AvgIpc) is 3.30. The van der Waals surface area contributed by atoms with Crippen molar-refractivity contribution in [3.8, 4) is 0 Å². The summed E-state index contributed by atoms with van der Waals surface area (Å²) in [6.07, 6.45) is -9.23. The van der Waals surface area contributed by atoms with Gasteiger partial charge in [-0.25, -0.2) is 9.59 Å². The SMILES string of the molecule is C/C=C1\[C@H](O[C@@H]2O[C@H](CO)[C@@H](O)[C@H](O)[C@H]2O)OC=C(C(=O)OC)[C@H]1CC(=O)OC/C=C(\C)CC/C=C(\C)COC(=O)C[C@@H]1C(C(=O)OC)=CO[C@@H](O[C@@H]2O[C@H](CO)[C@@H](O)[C@H](O)[C@H]2O)/C1=C\C. The van der Waals surface area contributed by atoms with Crippen molar-refractivity contribution in [3.63, 3.8) is 0 Å². The lowest BCUT2D eigenvalue weighted by Crippen LogP contribution is -2.60. The van der Waals surface area contributed by atoms with Gasteiger partial charge < -0.3 is 88.2 Å². The van der Waals surface area contributed by atoms with Crippen LogP contribution in [-0.4, -0.2) is 179 Å². The van der Waals surface area contributed by atoms with Crippen LogP contribution in [0.5, 0.6) is 0 Å². The van der Waals surface area contributed by atoms with Gasteiger partial charge >= 0.3 is 23.9 Å². The van der Waals surface area contributed by atoms with Gasteiger partial charge in [0, 0.05) is 23.0 Å². The highest BCUT2D eigenvalue weighted by molar-refractivity contribution is 5.91. The minimum absolute atomic E-state index is 0.0151. The van der Waals surface area contributed by atoms with E-state index in [0.29, 0.717) is 18.4 Å². The van der Waals surface area contributed by atoms with E-state index in [0.717, 1.165) is 32.3 Å². The number of hydrogen-bond acceptors (Lipinski definition) is 22. The molecule has 0 saturated carbocycles. The Labute approximate surface area is 380 Å². The van der Waals surface area contributed by atoms with Crippen LogP contribution in [0.25, 0.3) is 0 Å². The van der Waals surface area contributed by atoms with Gasteiger partial charge in [0.2, 0.25) is 12.6 Å². The molecule has 4 aliphatic rings. The predicted octanol–water partition coefficient (Wildman–Crippen LogP) is -0.890. The number of ether oxygens (including phenoxy) is 10. The van der Waals surface area contributed by atoms with E-state index in [-0.39, 0.29) is 48.3 Å². The molecule has 0 aromatic heterocycles. The molecule has 4 heterocycles. The molecule has 22 nitrogen and oxygen atoms in total. The van der Waals surface area contributed by atoms with E-state index in [1.807, 2.05) is 13.0 Å². The zero-order chi connectivity index (χ0) is 48.8. The lowest BCUT2D eigenvalue weighted by molar-refractivity contribution is -0.327. The lowest BCUT2D eigenvalue weighted by Gasteiger charge is -2.41. The molecule has 4 aliphatic heterocycles. The van der Waals surface area contributed by atoms with Gasteiger partial charge in [0.25, 0.3) is 0 Å². The summed E-state index contributed by atoms with van der Waals surface area (Å²) in [5, 5.41) is 80.7. The first-order valence-electron chi connectivity index (χ1n) is 21.2. The molecule has 0 aromatic carbocycles. The minimum atomic E-state index is -1.73. The zero-order valence-electron chi connectivity index (χ0n) is 37.5. The molecule has 0 radical (unpaired) electrons. The number of rotatable bonds is 19. The first-order valence-corrected chi connectivity index (χ1v) is 21.2. The number of methoxy groups -OCH3 is 2. The number of carbonyl (C=O) groups is 4. The average molecular weight is 943 g/mol. The van der Waals surface area contributed by atoms with Crippen LogP contribution in [0.1, 0.15) is 53.4 Å². The highest BCUT2D eigenvalue weighted by Gasteiger charge is 2.48. The van der Waals surface area contributed by atoms with E-state index in [1.165, 1.54) is 12.2 Å². The molecule has 4 rings (SSSR count). The summed E-state index contributed by atoms with van der Waals surface area (Å²) in [5.41, 5.74) is 2.10. The zero-order valence-corrected chi connectivity index (χ0v) is 37.5. The van der Waals surface area contributed by atoms with E-state index in [4.69, 9.17) is 47.4 Å². The summed E-state index contributed by atoms with van der Waals surface area (Å²) in [7, 11) is 2.31. The van der Waals surface area contributed by atoms with Gasteiger partial charge in [-0.3, -0.25) is 9.59 Å². The van der Waals surface area contributed by atoms with Crippen LogP contribution >= 0.6 is 0 Å². The fraction of sp³-hybridized carbons (Fsp3) is 0.636. The molecular weight excluding hydrogens is 880 g/mol. The topological polar surface area (TPSA) is 322 Å².